The van der Waals surface area contributed by atoms with Gasteiger partial charge in [-0.15, -0.1) is 37.7 Å². The summed E-state index contributed by atoms with van der Waals surface area (Å²) in [5, 5.41) is 1.05. The molecule has 0 amide bonds. The van der Waals surface area contributed by atoms with Gasteiger partial charge in [0.2, 0.25) is 0 Å². The summed E-state index contributed by atoms with van der Waals surface area (Å²) >= 11 is 2.95. The van der Waals surface area contributed by atoms with Gasteiger partial charge in [-0.05, 0) is 260 Å². The van der Waals surface area contributed by atoms with Gasteiger partial charge in [-0.25, -0.2) is 9.97 Å². The zero-order chi connectivity index (χ0) is 80.1. The monoisotopic (exact) mass is 1570 g/mol. The van der Waals surface area contributed by atoms with Crippen LogP contribution in [0, 0.1) is 0 Å². The second kappa shape index (κ2) is 42.0. The van der Waals surface area contributed by atoms with Crippen molar-refractivity contribution in [3.63, 3.8) is 0 Å². The topological polar surface area (TPSA) is 93.4 Å². The molecular weight excluding hydrogens is 1460 g/mol. The van der Waals surface area contributed by atoms with Crippen molar-refractivity contribution in [1.82, 2.24) is 23.3 Å². The summed E-state index contributed by atoms with van der Waals surface area (Å²) in [6, 6.07) is 86.3. The number of rotatable bonds is 37. The smallest absolute Gasteiger partial charge is 0.141 e. The molecule has 3 heterocycles. The molecule has 0 saturated carbocycles. The molecule has 14 aromatic rings. The first kappa shape index (κ1) is 82.2. The minimum Gasteiger partial charge on any atom is -0.494 e. The van der Waals surface area contributed by atoms with E-state index in [1.807, 2.05) is 97.1 Å². The number of hydrogen-bond acceptors (Lipinski definition) is 10. The van der Waals surface area contributed by atoms with Crippen LogP contribution in [-0.4, -0.2) is 49.7 Å². The van der Waals surface area contributed by atoms with E-state index in [2.05, 4.69) is 235 Å². The van der Waals surface area contributed by atoms with E-state index < -0.39 is 0 Å². The molecular formula is C105H107N5O4S2. The predicted octanol–water partition coefficient (Wildman–Crippen LogP) is 28.7. The Kier molecular flexibility index (Phi) is 29.8. The Morgan fingerprint density at radius 3 is 1.28 bits per heavy atom. The van der Waals surface area contributed by atoms with Crippen LogP contribution in [0.1, 0.15) is 143 Å². The van der Waals surface area contributed by atoms with Gasteiger partial charge >= 0.3 is 0 Å². The van der Waals surface area contributed by atoms with Crippen LogP contribution in [0.15, 0.2) is 319 Å². The Balaban J connectivity index is 0.000000137. The Hall–Kier alpha value is -11.8. The maximum Gasteiger partial charge on any atom is 0.141 e. The van der Waals surface area contributed by atoms with Gasteiger partial charge in [0, 0.05) is 28.8 Å². The molecule has 0 N–H and O–H groups in total. The molecule has 0 saturated heterocycles. The molecule has 3 aromatic heterocycles. The average Bonchev–Trinajstić information content (AvgIpc) is 1.51. The van der Waals surface area contributed by atoms with E-state index in [1.54, 1.807) is 23.5 Å². The maximum absolute atomic E-state index is 5.86. The lowest BCUT2D eigenvalue weighted by molar-refractivity contribution is 0.307. The highest BCUT2D eigenvalue weighted by Gasteiger charge is 2.51. The van der Waals surface area contributed by atoms with Crippen molar-refractivity contribution in [3.05, 3.63) is 352 Å². The van der Waals surface area contributed by atoms with Crippen molar-refractivity contribution in [2.75, 3.05) is 26.4 Å². The van der Waals surface area contributed by atoms with Crippen LogP contribution in [0.2, 0.25) is 0 Å². The number of unbranched alkanes of at least 4 members (excludes halogenated alkanes) is 11. The lowest BCUT2D eigenvalue weighted by Crippen LogP contribution is -2.26. The molecule has 2 aliphatic rings. The normalized spacial score (nSPS) is 11.7. The van der Waals surface area contributed by atoms with Crippen LogP contribution in [0.4, 0.5) is 0 Å². The SMILES string of the molecule is C=CCCCCOc1ccc(-c2nc3ccccc3n2CCCCCC)cc1.C=CCCCCOc1ccc(-c2nc3ccccc3s2)cc1.C=CCCCCc1ccc2c(c1)C1(c3ccccc3-c3ccccc31)c1cc(CCCCC=C)ccc1-2.C=CCOc1ccc(-c2ccc(-c3ccc(OCC=C)cc3)c3nsnc23)cc1. The molecule has 9 nitrogen and oxygen atoms in total. The highest BCUT2D eigenvalue weighted by Crippen LogP contribution is 2.63. The van der Waals surface area contributed by atoms with Crippen molar-refractivity contribution in [3.8, 4) is 89.5 Å². The van der Waals surface area contributed by atoms with Crippen LogP contribution in [0.25, 0.3) is 98.7 Å². The van der Waals surface area contributed by atoms with E-state index in [0.717, 1.165) is 173 Å². The zero-order valence-corrected chi connectivity index (χ0v) is 68.9. The first-order valence-electron chi connectivity index (χ1n) is 41.4. The van der Waals surface area contributed by atoms with Crippen LogP contribution in [0.3, 0.4) is 0 Å². The van der Waals surface area contributed by atoms with Gasteiger partial charge in [0.25, 0.3) is 0 Å². The quantitative estimate of drug-likeness (QED) is 0.0281. The standard InChI is InChI=1S/C37H36.C25H32N2O.C24H20N2O2S.C19H19NOS/c1-3-5-7-9-15-27-21-23-31-32-24-22-28(16-10-8-6-4-2)26-36(32)37(35(31)25-27)33-19-13-11-17-29(33)30-18-12-14-20-34(30)37;1-3-5-7-11-19-27-24-14-10-9-13-23(24)26-25(27)21-15-17-22(18-16-21)28-20-12-8-6-4-2;1-3-15-27-19-9-5-17(6-10-19)21-13-14-22(24-23(21)25-29-26-24)18-7-11-20(12-8-18)28-16-4-2;1-2-3-4-7-14-21-16-12-10-15(11-13-16)19-20-17-8-5-6-9-18(17)22-19/h3-4,11-14,17-26H,1-2,5-10,15-16H2;4,9-10,13-18H,2-3,5-8,11-12,19-20H2,1H3;3-14H,1-2,15-16H2;2,5-6,8-13H,1,3-4,7,14H2. The molecule has 588 valence electrons. The van der Waals surface area contributed by atoms with Crippen molar-refractivity contribution in [2.45, 2.75) is 134 Å². The third-order valence-corrected chi connectivity index (χ3v) is 23.1. The number of thiazole rings is 1. The Bertz CT molecular complexity index is 5340. The van der Waals surface area contributed by atoms with Crippen molar-refractivity contribution in [2.24, 2.45) is 0 Å². The Morgan fingerprint density at radius 2 is 0.793 bits per heavy atom. The summed E-state index contributed by atoms with van der Waals surface area (Å²) < 4.78 is 35.5. The molecule has 0 unspecified atom stereocenters. The van der Waals surface area contributed by atoms with Crippen LogP contribution >= 0.6 is 23.1 Å². The summed E-state index contributed by atoms with van der Waals surface area (Å²) in [6.07, 6.45) is 32.2. The van der Waals surface area contributed by atoms with E-state index in [-0.39, 0.29) is 5.41 Å². The first-order valence-corrected chi connectivity index (χ1v) is 42.9. The van der Waals surface area contributed by atoms with Crippen LogP contribution in [0.5, 0.6) is 23.0 Å². The summed E-state index contributed by atoms with van der Waals surface area (Å²) in [7, 11) is 0. The number of fused-ring (bicyclic) bond motifs is 13. The van der Waals surface area contributed by atoms with Gasteiger partial charge in [0.1, 0.15) is 58.1 Å². The Labute approximate surface area is 695 Å². The number of nitrogens with zero attached hydrogens (tertiary/aromatic N) is 5. The third-order valence-electron chi connectivity index (χ3n) is 21.5. The van der Waals surface area contributed by atoms with Crippen molar-refractivity contribution in [1.29, 1.82) is 0 Å². The predicted molar refractivity (Wildman–Crippen MR) is 491 cm³/mol. The molecule has 2 aliphatic carbocycles. The molecule has 116 heavy (non-hydrogen) atoms. The fourth-order valence-corrected chi connectivity index (χ4v) is 17.2. The van der Waals surface area contributed by atoms with E-state index in [0.29, 0.717) is 13.2 Å². The number of ether oxygens (including phenoxy) is 4. The van der Waals surface area contributed by atoms with Gasteiger partial charge in [-0.2, -0.15) is 8.75 Å². The number of aryl methyl sites for hydroxylation is 3. The Morgan fingerprint density at radius 1 is 0.362 bits per heavy atom. The summed E-state index contributed by atoms with van der Waals surface area (Å²) in [5.74, 6) is 4.53. The van der Waals surface area contributed by atoms with E-state index in [1.165, 1.54) is 129 Å². The van der Waals surface area contributed by atoms with Gasteiger partial charge < -0.3 is 23.5 Å². The van der Waals surface area contributed by atoms with Gasteiger partial charge in [0.05, 0.1) is 51.6 Å². The lowest BCUT2D eigenvalue weighted by Gasteiger charge is -2.31. The number of benzene rings is 11. The highest BCUT2D eigenvalue weighted by molar-refractivity contribution is 7.21. The minimum absolute atomic E-state index is 0.244. The van der Waals surface area contributed by atoms with Crippen LogP contribution in [-0.2, 0) is 24.8 Å². The molecule has 0 atom stereocenters. The van der Waals surface area contributed by atoms with Crippen molar-refractivity contribution < 1.29 is 18.9 Å². The number of aromatic nitrogens is 5. The summed E-state index contributed by atoms with van der Waals surface area (Å²) in [4.78, 5) is 9.60. The fourth-order valence-electron chi connectivity index (χ4n) is 15.7. The zero-order valence-electron chi connectivity index (χ0n) is 67.2. The average molecular weight is 1570 g/mol. The molecule has 11 heteroatoms. The number of hydrogen-bond donors (Lipinski definition) is 0. The molecule has 1 spiro atoms. The molecule has 0 bridgehead atoms. The van der Waals surface area contributed by atoms with Gasteiger partial charge in [-0.1, -0.05) is 221 Å². The van der Waals surface area contributed by atoms with Gasteiger partial charge in [-0.3, -0.25) is 0 Å². The second-order valence-corrected chi connectivity index (χ2v) is 31.0. The van der Waals surface area contributed by atoms with Crippen molar-refractivity contribution >= 4 is 55.3 Å². The molecule has 0 aliphatic heterocycles. The van der Waals surface area contributed by atoms with E-state index in [9.17, 15) is 0 Å². The van der Waals surface area contributed by atoms with E-state index in [4.69, 9.17) is 23.9 Å². The maximum atomic E-state index is 5.86. The summed E-state index contributed by atoms with van der Waals surface area (Å²) in [6.45, 7) is 28.4. The lowest BCUT2D eigenvalue weighted by atomic mass is 9.70. The molecule has 0 fully saturated rings. The van der Waals surface area contributed by atoms with Gasteiger partial charge in [0.15, 0.2) is 0 Å². The largest absolute Gasteiger partial charge is 0.494 e. The number of para-hydroxylation sites is 3. The molecule has 16 rings (SSSR count). The second-order valence-electron chi connectivity index (χ2n) is 29.5. The molecule has 11 aromatic carbocycles. The molecule has 0 radical (unpaired) electrons. The first-order chi connectivity index (χ1) is 57.3. The van der Waals surface area contributed by atoms with Crippen LogP contribution < -0.4 is 18.9 Å². The third kappa shape index (κ3) is 19.9. The number of imidazole rings is 1. The minimum atomic E-state index is -0.244. The number of allylic oxidation sites excluding steroid dienone is 4. The highest BCUT2D eigenvalue weighted by atomic mass is 32.1. The van der Waals surface area contributed by atoms with E-state index >= 15 is 0 Å². The fraction of sp³-hybridized carbons (Fsp3) is 0.238. The summed E-state index contributed by atoms with van der Waals surface area (Å²) in [5.41, 5.74) is 25.7.